The standard InChI is InChI=1S/C39H42FN3O6/c1-7-42(37(44)49-38(2,3)4)28-18-19-31-30(20-28)41-36(43(31)39(5)24-46-25-39)29-21-32(45-6)34(47-22-26-14-10-8-11-15-26)35(33(29)40)48-23-27-16-12-9-13-17-27/h8-21H,7,22-25H2,1-6H3. The maximum absolute atomic E-state index is 17.1. The zero-order chi connectivity index (χ0) is 34.8. The predicted octanol–water partition coefficient (Wildman–Crippen LogP) is 8.52. The van der Waals surface area contributed by atoms with Crippen LogP contribution in [0.5, 0.6) is 17.2 Å². The maximum Gasteiger partial charge on any atom is 0.414 e. The first kappa shape index (κ1) is 33.8. The maximum atomic E-state index is 17.1. The van der Waals surface area contributed by atoms with Crippen LogP contribution in [0.3, 0.4) is 0 Å². The van der Waals surface area contributed by atoms with E-state index in [0.717, 1.165) is 16.6 Å². The van der Waals surface area contributed by atoms with Crippen LogP contribution < -0.4 is 19.1 Å². The van der Waals surface area contributed by atoms with Crippen LogP contribution in [0, 0.1) is 5.82 Å². The SMILES string of the molecule is CCN(C(=O)OC(C)(C)C)c1ccc2c(c1)nc(-c1cc(OC)c(OCc3ccccc3)c(OCc3ccccc3)c1F)n2C1(C)COC1. The molecule has 1 fully saturated rings. The summed E-state index contributed by atoms with van der Waals surface area (Å²) >= 11 is 0. The third kappa shape index (κ3) is 7.05. The van der Waals surface area contributed by atoms with E-state index in [9.17, 15) is 4.79 Å². The number of methoxy groups -OCH3 is 1. The highest BCUT2D eigenvalue weighted by Crippen LogP contribution is 2.47. The molecule has 1 aromatic heterocycles. The number of fused-ring (bicyclic) bond motifs is 1. The van der Waals surface area contributed by atoms with Crippen molar-refractivity contribution in [2.24, 2.45) is 0 Å². The van der Waals surface area contributed by atoms with Gasteiger partial charge >= 0.3 is 6.09 Å². The summed E-state index contributed by atoms with van der Waals surface area (Å²) in [6.45, 7) is 10.9. The van der Waals surface area contributed by atoms with E-state index < -0.39 is 23.1 Å². The lowest BCUT2D eigenvalue weighted by Crippen LogP contribution is -2.49. The normalized spacial score (nSPS) is 13.9. The molecule has 256 valence electrons. The summed E-state index contributed by atoms with van der Waals surface area (Å²) < 4.78 is 48.7. The Hall–Kier alpha value is -5.09. The van der Waals surface area contributed by atoms with Crippen molar-refractivity contribution < 1.29 is 32.9 Å². The second-order valence-electron chi connectivity index (χ2n) is 13.3. The number of hydrogen-bond acceptors (Lipinski definition) is 7. The first-order valence-electron chi connectivity index (χ1n) is 16.4. The fourth-order valence-corrected chi connectivity index (χ4v) is 5.86. The highest BCUT2D eigenvalue weighted by atomic mass is 19.1. The Labute approximate surface area is 286 Å². The minimum atomic E-state index is -0.657. The average Bonchev–Trinajstić information content (AvgIpc) is 3.45. The first-order valence-corrected chi connectivity index (χ1v) is 16.4. The number of carbonyl (C=O) groups is 1. The molecule has 6 rings (SSSR count). The Morgan fingerprint density at radius 2 is 1.55 bits per heavy atom. The topological polar surface area (TPSA) is 84.3 Å². The summed E-state index contributed by atoms with van der Waals surface area (Å²) in [6.07, 6.45) is -0.463. The molecule has 0 bridgehead atoms. The number of benzene rings is 4. The van der Waals surface area contributed by atoms with E-state index in [1.54, 1.807) is 11.0 Å². The zero-order valence-electron chi connectivity index (χ0n) is 28.8. The van der Waals surface area contributed by atoms with Crippen LogP contribution >= 0.6 is 0 Å². The second kappa shape index (κ2) is 13.8. The quantitative estimate of drug-likeness (QED) is 0.140. The van der Waals surface area contributed by atoms with Crippen LogP contribution in [0.1, 0.15) is 45.7 Å². The van der Waals surface area contributed by atoms with E-state index in [1.165, 1.54) is 7.11 Å². The zero-order valence-corrected chi connectivity index (χ0v) is 28.8. The number of hydrogen-bond donors (Lipinski definition) is 0. The first-order chi connectivity index (χ1) is 23.5. The molecular weight excluding hydrogens is 625 g/mol. The molecule has 0 radical (unpaired) electrons. The Balaban J connectivity index is 1.49. The molecule has 0 saturated carbocycles. The van der Waals surface area contributed by atoms with E-state index >= 15 is 4.39 Å². The molecule has 4 aromatic carbocycles. The van der Waals surface area contributed by atoms with Crippen LogP contribution in [0.25, 0.3) is 22.4 Å². The molecule has 9 nitrogen and oxygen atoms in total. The van der Waals surface area contributed by atoms with E-state index in [0.29, 0.717) is 42.5 Å². The fraction of sp³-hybridized carbons (Fsp3) is 0.333. The van der Waals surface area contributed by atoms with Gasteiger partial charge in [-0.25, -0.2) is 14.2 Å². The van der Waals surface area contributed by atoms with Gasteiger partial charge in [-0.3, -0.25) is 4.90 Å². The number of amides is 1. The smallest absolute Gasteiger partial charge is 0.414 e. The summed E-state index contributed by atoms with van der Waals surface area (Å²) in [6, 6.07) is 26.3. The average molecular weight is 668 g/mol. The van der Waals surface area contributed by atoms with Crippen molar-refractivity contribution in [2.75, 3.05) is 31.8 Å². The number of ether oxygens (including phenoxy) is 5. The van der Waals surface area contributed by atoms with Crippen LogP contribution in [-0.4, -0.2) is 48.1 Å². The van der Waals surface area contributed by atoms with Gasteiger partial charge in [0.1, 0.15) is 24.6 Å². The second-order valence-corrected chi connectivity index (χ2v) is 13.3. The number of carbonyl (C=O) groups excluding carboxylic acids is 1. The molecule has 10 heteroatoms. The molecule has 1 saturated heterocycles. The Morgan fingerprint density at radius 3 is 2.08 bits per heavy atom. The van der Waals surface area contributed by atoms with Crippen LogP contribution in [0.2, 0.25) is 0 Å². The number of nitrogens with zero attached hydrogens (tertiary/aromatic N) is 3. The number of anilines is 1. The minimum absolute atomic E-state index is 0.0782. The summed E-state index contributed by atoms with van der Waals surface area (Å²) in [4.78, 5) is 19.6. The fourth-order valence-electron chi connectivity index (χ4n) is 5.86. The molecule has 0 N–H and O–H groups in total. The Morgan fingerprint density at radius 1 is 0.939 bits per heavy atom. The van der Waals surface area contributed by atoms with Crippen LogP contribution in [0.4, 0.5) is 14.9 Å². The summed E-state index contributed by atoms with van der Waals surface area (Å²) in [5.41, 5.74) is 2.75. The van der Waals surface area contributed by atoms with Crippen molar-refractivity contribution in [3.05, 3.63) is 102 Å². The monoisotopic (exact) mass is 667 g/mol. The van der Waals surface area contributed by atoms with Gasteiger partial charge in [-0.1, -0.05) is 60.7 Å². The van der Waals surface area contributed by atoms with E-state index in [1.807, 2.05) is 118 Å². The van der Waals surface area contributed by atoms with E-state index in [2.05, 4.69) is 0 Å². The van der Waals surface area contributed by atoms with Crippen molar-refractivity contribution in [3.8, 4) is 28.6 Å². The van der Waals surface area contributed by atoms with Crippen LogP contribution in [-0.2, 0) is 28.2 Å². The third-order valence-electron chi connectivity index (χ3n) is 8.30. The molecule has 1 aliphatic rings. The van der Waals surface area contributed by atoms with Crippen molar-refractivity contribution >= 4 is 22.8 Å². The van der Waals surface area contributed by atoms with Crippen molar-refractivity contribution in [1.29, 1.82) is 0 Å². The van der Waals surface area contributed by atoms with E-state index in [-0.39, 0.29) is 30.3 Å². The summed E-state index contributed by atoms with van der Waals surface area (Å²) in [5, 5.41) is 0. The highest BCUT2D eigenvalue weighted by molar-refractivity contribution is 5.92. The van der Waals surface area contributed by atoms with Gasteiger partial charge in [-0.05, 0) is 70.0 Å². The van der Waals surface area contributed by atoms with Gasteiger partial charge in [-0.2, -0.15) is 0 Å². The van der Waals surface area contributed by atoms with Gasteiger partial charge < -0.3 is 28.3 Å². The summed E-state index contributed by atoms with van der Waals surface area (Å²) in [5.74, 6) is 0.109. The molecule has 5 aromatic rings. The largest absolute Gasteiger partial charge is 0.493 e. The number of imidazole rings is 1. The Kier molecular flexibility index (Phi) is 9.52. The molecule has 1 amide bonds. The van der Waals surface area contributed by atoms with Crippen molar-refractivity contribution in [2.45, 2.75) is 59.0 Å². The van der Waals surface area contributed by atoms with Gasteiger partial charge in [0.25, 0.3) is 0 Å². The molecule has 1 aliphatic heterocycles. The molecule has 2 heterocycles. The van der Waals surface area contributed by atoms with Gasteiger partial charge in [0, 0.05) is 12.2 Å². The van der Waals surface area contributed by atoms with E-state index in [4.69, 9.17) is 28.7 Å². The molecule has 0 spiro atoms. The van der Waals surface area contributed by atoms with Crippen LogP contribution in [0.15, 0.2) is 84.9 Å². The Bertz CT molecular complexity index is 1930. The van der Waals surface area contributed by atoms with Gasteiger partial charge in [0.15, 0.2) is 11.6 Å². The predicted molar refractivity (Wildman–Crippen MR) is 187 cm³/mol. The molecule has 0 atom stereocenters. The third-order valence-corrected chi connectivity index (χ3v) is 8.30. The van der Waals surface area contributed by atoms with Gasteiger partial charge in [0.05, 0.1) is 42.5 Å². The molecule has 49 heavy (non-hydrogen) atoms. The lowest BCUT2D eigenvalue weighted by Gasteiger charge is -2.41. The number of rotatable bonds is 11. The lowest BCUT2D eigenvalue weighted by atomic mass is 9.98. The van der Waals surface area contributed by atoms with Crippen molar-refractivity contribution in [3.63, 3.8) is 0 Å². The summed E-state index contributed by atoms with van der Waals surface area (Å²) in [7, 11) is 1.51. The highest BCUT2D eigenvalue weighted by Gasteiger charge is 2.40. The number of aromatic nitrogens is 2. The lowest BCUT2D eigenvalue weighted by molar-refractivity contribution is -0.0868. The molecule has 0 aliphatic carbocycles. The van der Waals surface area contributed by atoms with Gasteiger partial charge in [-0.15, -0.1) is 0 Å². The minimum Gasteiger partial charge on any atom is -0.493 e. The molecular formula is C39H42FN3O6. The van der Waals surface area contributed by atoms with Gasteiger partial charge in [0.2, 0.25) is 11.5 Å². The number of halogens is 1. The van der Waals surface area contributed by atoms with Crippen molar-refractivity contribution in [1.82, 2.24) is 9.55 Å². The molecule has 0 unspecified atom stereocenters.